The molecule has 0 atom stereocenters. The lowest BCUT2D eigenvalue weighted by Crippen LogP contribution is -2.43. The summed E-state index contributed by atoms with van der Waals surface area (Å²) in [6, 6.07) is 51.0. The summed E-state index contributed by atoms with van der Waals surface area (Å²) in [5, 5.41) is 47.3. The van der Waals surface area contributed by atoms with Gasteiger partial charge < -0.3 is 31.5 Å². The summed E-state index contributed by atoms with van der Waals surface area (Å²) in [4.78, 5) is 28.3. The van der Waals surface area contributed by atoms with E-state index in [1.807, 2.05) is 56.3 Å². The van der Waals surface area contributed by atoms with Crippen LogP contribution in [-0.4, -0.2) is 96.9 Å². The van der Waals surface area contributed by atoms with Crippen molar-refractivity contribution in [1.29, 1.82) is 0 Å². The van der Waals surface area contributed by atoms with Gasteiger partial charge in [0, 0.05) is 135 Å². The van der Waals surface area contributed by atoms with Crippen LogP contribution >= 0.6 is 0 Å². The Labute approximate surface area is 669 Å². The predicted molar refractivity (Wildman–Crippen MR) is 432 cm³/mol. The number of hydrogen-bond donors (Lipinski definition) is 9. The molecule has 0 amide bonds. The Morgan fingerprint density at radius 2 is 0.832 bits per heavy atom. The molecule has 16 aromatic rings. The van der Waals surface area contributed by atoms with Crippen molar-refractivity contribution in [2.75, 3.05) is 52.3 Å². The largest absolute Gasteiger partial charge is 0.417 e. The molecule has 2 fully saturated rings. The molecule has 0 radical (unpaired) electrons. The van der Waals surface area contributed by atoms with Gasteiger partial charge in [0.2, 0.25) is 0 Å². The van der Waals surface area contributed by atoms with Crippen LogP contribution in [0.4, 0.5) is 109 Å². The Hall–Kier alpha value is -13.9. The van der Waals surface area contributed by atoms with Crippen molar-refractivity contribution in [2.24, 2.45) is 0 Å². The number of alkyl halides is 12. The first kappa shape index (κ1) is 80.3. The van der Waals surface area contributed by atoms with Crippen LogP contribution < -0.4 is 31.5 Å². The van der Waals surface area contributed by atoms with Crippen LogP contribution in [0.2, 0.25) is 0 Å². The molecule has 0 spiro atoms. The molecule has 2 aliphatic rings. The molecule has 11 heterocycles. The van der Waals surface area contributed by atoms with E-state index in [-0.39, 0.29) is 56.8 Å². The highest BCUT2D eigenvalue weighted by molar-refractivity contribution is 5.99. The predicted octanol–water partition coefficient (Wildman–Crippen LogP) is 22.6. The fraction of sp³-hybridized carbons (Fsp3) is 0.186. The van der Waals surface area contributed by atoms with Gasteiger partial charge in [-0.1, -0.05) is 104 Å². The molecule has 1 saturated carbocycles. The molecule has 606 valence electrons. The van der Waals surface area contributed by atoms with Gasteiger partial charge in [0.1, 0.15) is 11.6 Å². The summed E-state index contributed by atoms with van der Waals surface area (Å²) in [7, 11) is 0. The number of para-hydroxylation sites is 1. The number of anilines is 9. The second kappa shape index (κ2) is 34.1. The number of aryl methyl sites for hydroxylation is 2. The average Bonchev–Trinajstić information content (AvgIpc) is 1.61. The molecule has 1 aliphatic carbocycles. The molecular formula is C86H71F13N20. The highest BCUT2D eigenvalue weighted by Gasteiger charge is 2.38. The number of benzene rings is 6. The van der Waals surface area contributed by atoms with Crippen LogP contribution in [-0.2, 0) is 24.7 Å². The van der Waals surface area contributed by atoms with Crippen LogP contribution in [0.5, 0.6) is 0 Å². The topological polar surface area (TPSA) is 255 Å². The van der Waals surface area contributed by atoms with E-state index in [0.29, 0.717) is 73.8 Å². The minimum absolute atomic E-state index is 0.00527. The number of halogens is 13. The molecule has 0 unspecified atom stereocenters. The standard InChI is InChI=1S/C25H22F4N4.C22H14F3N5.C20H21F3N6.C19H14F3N5/c26-16-10-11-19-23(12-16)32-33-24(19)30-17-13-21(15-6-2-1-3-7-15)31-22(14-17)18-8-4-5-9-20(18)25(27,28)29;23-22(24,25)16-7-3-1-5-13(16)18-11-19(14-9-10-26-12-20(14)27-18)28-21-15-6-2-4-8-17(15)29-30-21;1-13-10-18(28-27-13)25-14-11-17(15-4-2-3-5-16(15)20(21,22)23)26-19(12-14)29-8-6-24-7-9-29;1-11-8-18(27-26-11)25-16-9-15(24-17-10-23-7-6-13(16)17)12-4-2-3-5-14(12)19(20,21)22/h4-5,8-15H,1-3,6-7H2,(H2,30,31,32,33);1-12H,(H2,27,28,29,30);2-5,10-12,24H,6-9H2,1H3,(H2,25,26,27,28);2-10H,1H3,(H2,24,25,26,27). The summed E-state index contributed by atoms with van der Waals surface area (Å²) in [6.45, 7) is 6.80. The van der Waals surface area contributed by atoms with E-state index < -0.39 is 47.0 Å². The number of nitrogens with zero attached hydrogens (tertiary/aromatic N) is 11. The number of piperazine rings is 1. The highest BCUT2D eigenvalue weighted by atomic mass is 19.4. The highest BCUT2D eigenvalue weighted by Crippen LogP contribution is 2.45. The van der Waals surface area contributed by atoms with Crippen LogP contribution in [0.25, 0.3) is 88.6 Å². The third-order valence-corrected chi connectivity index (χ3v) is 19.8. The molecular weight excluding hydrogens is 1560 g/mol. The summed E-state index contributed by atoms with van der Waals surface area (Å²) in [6.07, 6.45) is -6.41. The summed E-state index contributed by atoms with van der Waals surface area (Å²) < 4.78 is 176. The van der Waals surface area contributed by atoms with Gasteiger partial charge in [-0.05, 0) is 124 Å². The van der Waals surface area contributed by atoms with E-state index in [1.165, 1.54) is 73.1 Å². The molecule has 33 heteroatoms. The minimum atomic E-state index is -4.49. The molecule has 10 aromatic heterocycles. The smallest absolute Gasteiger partial charge is 0.354 e. The second-order valence-electron chi connectivity index (χ2n) is 28.2. The van der Waals surface area contributed by atoms with Gasteiger partial charge in [0.05, 0.1) is 90.9 Å². The van der Waals surface area contributed by atoms with Crippen molar-refractivity contribution < 1.29 is 57.1 Å². The van der Waals surface area contributed by atoms with Gasteiger partial charge >= 0.3 is 24.7 Å². The third-order valence-electron chi connectivity index (χ3n) is 19.8. The van der Waals surface area contributed by atoms with Crippen LogP contribution in [0.3, 0.4) is 0 Å². The summed E-state index contributed by atoms with van der Waals surface area (Å²) >= 11 is 0. The monoisotopic (exact) mass is 1630 g/mol. The number of nitrogens with one attached hydrogen (secondary N) is 9. The van der Waals surface area contributed by atoms with Crippen molar-refractivity contribution >= 4 is 95.5 Å². The molecule has 9 N–H and O–H groups in total. The van der Waals surface area contributed by atoms with Crippen LogP contribution in [0.15, 0.2) is 225 Å². The fourth-order valence-corrected chi connectivity index (χ4v) is 14.3. The van der Waals surface area contributed by atoms with E-state index >= 15 is 0 Å². The van der Waals surface area contributed by atoms with Gasteiger partial charge in [-0.25, -0.2) is 19.3 Å². The van der Waals surface area contributed by atoms with Crippen molar-refractivity contribution in [3.05, 3.63) is 270 Å². The first-order valence-corrected chi connectivity index (χ1v) is 37.6. The Morgan fingerprint density at radius 3 is 1.34 bits per heavy atom. The molecule has 1 aliphatic heterocycles. The molecule has 119 heavy (non-hydrogen) atoms. The molecule has 6 aromatic carbocycles. The fourth-order valence-electron chi connectivity index (χ4n) is 14.3. The molecule has 1 saturated heterocycles. The number of pyridine rings is 6. The van der Waals surface area contributed by atoms with E-state index in [0.717, 1.165) is 121 Å². The van der Waals surface area contributed by atoms with Crippen LogP contribution in [0, 0.1) is 19.7 Å². The average molecular weight is 1630 g/mol. The lowest BCUT2D eigenvalue weighted by molar-refractivity contribution is -0.137. The maximum atomic E-state index is 13.7. The zero-order valence-corrected chi connectivity index (χ0v) is 63.1. The molecule has 20 nitrogen and oxygen atoms in total. The number of hydrogen-bond acceptors (Lipinski definition) is 16. The first-order valence-electron chi connectivity index (χ1n) is 37.6. The van der Waals surface area contributed by atoms with E-state index in [9.17, 15) is 57.1 Å². The molecule has 18 rings (SSSR count). The van der Waals surface area contributed by atoms with Gasteiger partial charge in [-0.3, -0.25) is 35.3 Å². The SMILES string of the molecule is Cc1cc(Nc2cc(-c3ccccc3C(F)(F)F)nc(N3CCNCC3)c2)n[nH]1.Cc1cc(Nc2cc(-c3ccccc3C(F)(F)F)nc3cnccc23)n[nH]1.FC(F)(F)c1ccccc1-c1cc(Nc2n[nH]c3ccccc23)c2ccncc2n1.Fc1ccc2c(Nc3cc(-c4ccccc4C(F)(F)F)nc(C4CCCCC4)c3)n[nH]c2c1. The van der Waals surface area contributed by atoms with E-state index in [4.69, 9.17) is 0 Å². The maximum absolute atomic E-state index is 13.7. The number of aromatic nitrogens is 14. The Balaban J connectivity index is 0.000000124. The molecule has 0 bridgehead atoms. The lowest BCUT2D eigenvalue weighted by Gasteiger charge is -2.29. The zero-order chi connectivity index (χ0) is 83.2. The van der Waals surface area contributed by atoms with Crippen molar-refractivity contribution in [2.45, 2.75) is 76.6 Å². The third kappa shape index (κ3) is 18.8. The number of fused-ring (bicyclic) bond motifs is 4. The lowest BCUT2D eigenvalue weighted by atomic mass is 9.86. The second-order valence-corrected chi connectivity index (χ2v) is 28.2. The van der Waals surface area contributed by atoms with Crippen LogP contribution in [0.1, 0.15) is 77.4 Å². The minimum Gasteiger partial charge on any atom is -0.354 e. The summed E-state index contributed by atoms with van der Waals surface area (Å²) in [5.74, 6) is 2.65. The number of aromatic amines is 4. The Kier molecular flexibility index (Phi) is 23.1. The maximum Gasteiger partial charge on any atom is 0.417 e. The van der Waals surface area contributed by atoms with E-state index in [1.54, 1.807) is 85.2 Å². The summed E-state index contributed by atoms with van der Waals surface area (Å²) in [5.41, 5.74) is 5.43. The van der Waals surface area contributed by atoms with Crippen molar-refractivity contribution in [1.82, 2.24) is 76.0 Å². The van der Waals surface area contributed by atoms with Crippen molar-refractivity contribution in [3.8, 4) is 45.0 Å². The Bertz CT molecular complexity index is 6280. The first-order chi connectivity index (χ1) is 57.2. The van der Waals surface area contributed by atoms with E-state index in [2.05, 4.69) is 102 Å². The van der Waals surface area contributed by atoms with Gasteiger partial charge in [0.15, 0.2) is 23.3 Å². The van der Waals surface area contributed by atoms with Gasteiger partial charge in [-0.2, -0.15) is 73.1 Å². The van der Waals surface area contributed by atoms with Crippen molar-refractivity contribution in [3.63, 3.8) is 0 Å². The Morgan fingerprint density at radius 1 is 0.387 bits per heavy atom. The van der Waals surface area contributed by atoms with Gasteiger partial charge in [-0.15, -0.1) is 0 Å². The van der Waals surface area contributed by atoms with Gasteiger partial charge in [0.25, 0.3) is 0 Å². The number of H-pyrrole nitrogens is 4. The quantitative estimate of drug-likeness (QED) is 0.0459. The zero-order valence-electron chi connectivity index (χ0n) is 63.1. The normalized spacial score (nSPS) is 13.5. The number of rotatable bonds is 14.